The summed E-state index contributed by atoms with van der Waals surface area (Å²) in [5, 5.41) is 0. The highest BCUT2D eigenvalue weighted by molar-refractivity contribution is 7.89. The van der Waals surface area contributed by atoms with Crippen LogP contribution in [0.5, 0.6) is 5.75 Å². The van der Waals surface area contributed by atoms with Crippen molar-refractivity contribution < 1.29 is 13.2 Å². The summed E-state index contributed by atoms with van der Waals surface area (Å²) in [6, 6.07) is 5.81. The number of hydrogen-bond donors (Lipinski definition) is 0. The summed E-state index contributed by atoms with van der Waals surface area (Å²) in [6.45, 7) is 3.06. The molecule has 1 fully saturated rings. The van der Waals surface area contributed by atoms with Gasteiger partial charge in [-0.1, -0.05) is 12.1 Å². The van der Waals surface area contributed by atoms with E-state index in [1.807, 2.05) is 25.1 Å². The van der Waals surface area contributed by atoms with Crippen LogP contribution in [0.3, 0.4) is 0 Å². The molecular formula is C13H19NO3S. The van der Waals surface area contributed by atoms with Gasteiger partial charge in [0.15, 0.2) is 0 Å². The van der Waals surface area contributed by atoms with Crippen molar-refractivity contribution in [2.45, 2.75) is 26.3 Å². The van der Waals surface area contributed by atoms with E-state index in [0.717, 1.165) is 29.7 Å². The number of hydrogen-bond acceptors (Lipinski definition) is 3. The molecule has 0 N–H and O–H groups in total. The van der Waals surface area contributed by atoms with E-state index in [0.29, 0.717) is 13.1 Å². The van der Waals surface area contributed by atoms with Crippen LogP contribution >= 0.6 is 0 Å². The maximum Gasteiger partial charge on any atom is 0.214 e. The molecule has 2 rings (SSSR count). The molecule has 1 heterocycles. The third-order valence-electron chi connectivity index (χ3n) is 3.27. The lowest BCUT2D eigenvalue weighted by Gasteiger charge is -2.26. The van der Waals surface area contributed by atoms with Gasteiger partial charge in [0.05, 0.1) is 12.9 Å². The smallest absolute Gasteiger partial charge is 0.214 e. The molecule has 100 valence electrons. The first-order valence-electron chi connectivity index (χ1n) is 6.14. The third kappa shape index (κ3) is 2.84. The monoisotopic (exact) mass is 269 g/mol. The van der Waals surface area contributed by atoms with E-state index in [1.165, 1.54) is 0 Å². The predicted molar refractivity (Wildman–Crippen MR) is 71.2 cm³/mol. The number of benzene rings is 1. The quantitative estimate of drug-likeness (QED) is 0.842. The minimum Gasteiger partial charge on any atom is -0.496 e. The average molecular weight is 269 g/mol. The van der Waals surface area contributed by atoms with Gasteiger partial charge >= 0.3 is 0 Å². The SMILES string of the molecule is COc1ccc(CN2CCCCS2(=O)=O)cc1C. The van der Waals surface area contributed by atoms with Gasteiger partial charge in [-0.2, -0.15) is 4.31 Å². The van der Waals surface area contributed by atoms with Gasteiger partial charge in [-0.05, 0) is 37.0 Å². The molecule has 0 bridgehead atoms. The molecule has 18 heavy (non-hydrogen) atoms. The van der Waals surface area contributed by atoms with E-state index in [1.54, 1.807) is 11.4 Å². The van der Waals surface area contributed by atoms with E-state index in [9.17, 15) is 8.42 Å². The van der Waals surface area contributed by atoms with Crippen LogP contribution in [0, 0.1) is 6.92 Å². The molecule has 0 atom stereocenters. The fourth-order valence-corrected chi connectivity index (χ4v) is 3.84. The Balaban J connectivity index is 2.16. The van der Waals surface area contributed by atoms with Crippen molar-refractivity contribution in [1.82, 2.24) is 4.31 Å². The predicted octanol–water partition coefficient (Wildman–Crippen LogP) is 1.93. The van der Waals surface area contributed by atoms with Gasteiger partial charge in [0.1, 0.15) is 5.75 Å². The first-order valence-corrected chi connectivity index (χ1v) is 7.75. The molecule has 1 aromatic carbocycles. The average Bonchev–Trinajstić information content (AvgIpc) is 2.32. The topological polar surface area (TPSA) is 46.6 Å². The number of nitrogens with zero attached hydrogens (tertiary/aromatic N) is 1. The second-order valence-corrected chi connectivity index (χ2v) is 6.75. The third-order valence-corrected chi connectivity index (χ3v) is 5.17. The summed E-state index contributed by atoms with van der Waals surface area (Å²) < 4.78 is 30.6. The van der Waals surface area contributed by atoms with Crippen LogP contribution in [0.15, 0.2) is 18.2 Å². The van der Waals surface area contributed by atoms with Gasteiger partial charge in [0.2, 0.25) is 10.0 Å². The first-order chi connectivity index (χ1) is 8.53. The lowest BCUT2D eigenvalue weighted by molar-refractivity contribution is 0.377. The molecular weight excluding hydrogens is 250 g/mol. The van der Waals surface area contributed by atoms with E-state index in [4.69, 9.17) is 4.74 Å². The number of aryl methyl sites for hydroxylation is 1. The zero-order chi connectivity index (χ0) is 13.2. The van der Waals surface area contributed by atoms with Gasteiger partial charge in [-0.3, -0.25) is 0 Å². The molecule has 0 unspecified atom stereocenters. The second kappa shape index (κ2) is 5.28. The van der Waals surface area contributed by atoms with Crippen LogP contribution in [0.1, 0.15) is 24.0 Å². The fourth-order valence-electron chi connectivity index (χ4n) is 2.26. The maximum absolute atomic E-state index is 11.9. The molecule has 1 aromatic rings. The molecule has 4 nitrogen and oxygen atoms in total. The molecule has 0 spiro atoms. The Kier molecular flexibility index (Phi) is 3.92. The number of sulfonamides is 1. The standard InChI is InChI=1S/C13H19NO3S/c1-11-9-12(5-6-13(11)17-2)10-14-7-3-4-8-18(14,15)16/h5-6,9H,3-4,7-8,10H2,1-2H3. The molecule has 0 aliphatic carbocycles. The van der Waals surface area contributed by atoms with Crippen molar-refractivity contribution in [2.24, 2.45) is 0 Å². The van der Waals surface area contributed by atoms with Crippen molar-refractivity contribution in [3.8, 4) is 5.75 Å². The van der Waals surface area contributed by atoms with Crippen molar-refractivity contribution >= 4 is 10.0 Å². The minimum atomic E-state index is -3.05. The van der Waals surface area contributed by atoms with Gasteiger partial charge in [0, 0.05) is 13.1 Å². The van der Waals surface area contributed by atoms with E-state index < -0.39 is 10.0 Å². The number of ether oxygens (including phenoxy) is 1. The van der Waals surface area contributed by atoms with Gasteiger partial charge in [-0.25, -0.2) is 8.42 Å². The highest BCUT2D eigenvalue weighted by Crippen LogP contribution is 2.22. The van der Waals surface area contributed by atoms with Crippen molar-refractivity contribution in [1.29, 1.82) is 0 Å². The minimum absolute atomic E-state index is 0.280. The fraction of sp³-hybridized carbons (Fsp3) is 0.538. The summed E-state index contributed by atoms with van der Waals surface area (Å²) in [5.41, 5.74) is 2.04. The number of methoxy groups -OCH3 is 1. The Labute approximate surface area is 109 Å². The van der Waals surface area contributed by atoms with E-state index in [2.05, 4.69) is 0 Å². The summed E-state index contributed by atoms with van der Waals surface area (Å²) in [7, 11) is -1.41. The molecule has 0 amide bonds. The largest absolute Gasteiger partial charge is 0.496 e. The van der Waals surface area contributed by atoms with E-state index >= 15 is 0 Å². The van der Waals surface area contributed by atoms with Gasteiger partial charge < -0.3 is 4.74 Å². The Hall–Kier alpha value is -1.07. The Morgan fingerprint density at radius 2 is 2.11 bits per heavy atom. The zero-order valence-electron chi connectivity index (χ0n) is 10.8. The molecule has 1 aliphatic rings. The summed E-state index contributed by atoms with van der Waals surface area (Å²) in [6.07, 6.45) is 1.73. The van der Waals surface area contributed by atoms with Crippen LogP contribution in [0.25, 0.3) is 0 Å². The molecule has 1 aliphatic heterocycles. The summed E-state index contributed by atoms with van der Waals surface area (Å²) >= 11 is 0. The zero-order valence-corrected chi connectivity index (χ0v) is 11.7. The highest BCUT2D eigenvalue weighted by atomic mass is 32.2. The van der Waals surface area contributed by atoms with Crippen LogP contribution in [0.2, 0.25) is 0 Å². The summed E-state index contributed by atoms with van der Waals surface area (Å²) in [5.74, 6) is 1.11. The molecule has 0 radical (unpaired) electrons. The normalized spacial score (nSPS) is 19.7. The first kappa shape index (κ1) is 13.4. The van der Waals surface area contributed by atoms with Crippen LogP contribution in [-0.4, -0.2) is 32.1 Å². The van der Waals surface area contributed by atoms with Crippen LogP contribution in [-0.2, 0) is 16.6 Å². The number of rotatable bonds is 3. The summed E-state index contributed by atoms with van der Waals surface area (Å²) in [4.78, 5) is 0. The highest BCUT2D eigenvalue weighted by Gasteiger charge is 2.25. The van der Waals surface area contributed by atoms with Gasteiger partial charge in [0.25, 0.3) is 0 Å². The van der Waals surface area contributed by atoms with E-state index in [-0.39, 0.29) is 5.75 Å². The van der Waals surface area contributed by atoms with Crippen LogP contribution in [0.4, 0.5) is 0 Å². The van der Waals surface area contributed by atoms with Crippen molar-refractivity contribution in [3.63, 3.8) is 0 Å². The molecule has 0 saturated carbocycles. The Morgan fingerprint density at radius 1 is 1.33 bits per heavy atom. The molecule has 5 heteroatoms. The lowest BCUT2D eigenvalue weighted by Crippen LogP contribution is -2.37. The Bertz CT molecular complexity index is 525. The molecule has 0 aromatic heterocycles. The maximum atomic E-state index is 11.9. The van der Waals surface area contributed by atoms with Crippen molar-refractivity contribution in [3.05, 3.63) is 29.3 Å². The van der Waals surface area contributed by atoms with Gasteiger partial charge in [-0.15, -0.1) is 0 Å². The van der Waals surface area contributed by atoms with Crippen molar-refractivity contribution in [2.75, 3.05) is 19.4 Å². The lowest BCUT2D eigenvalue weighted by atomic mass is 10.1. The Morgan fingerprint density at radius 3 is 2.72 bits per heavy atom. The van der Waals surface area contributed by atoms with Crippen LogP contribution < -0.4 is 4.74 Å². The second-order valence-electron chi connectivity index (χ2n) is 4.66. The molecule has 1 saturated heterocycles.